The molecule has 0 saturated carbocycles. The van der Waals surface area contributed by atoms with Crippen molar-refractivity contribution in [2.24, 2.45) is 0 Å². The fourth-order valence-corrected chi connectivity index (χ4v) is 8.09. The first kappa shape index (κ1) is 23.2. The van der Waals surface area contributed by atoms with Crippen LogP contribution in [0.15, 0.2) is 126 Å². The normalized spacial score (nSPS) is 12.3. The van der Waals surface area contributed by atoms with Gasteiger partial charge in [0, 0.05) is 6.04 Å². The molecular formula is C27H24NO2PS2. The summed E-state index contributed by atoms with van der Waals surface area (Å²) in [6, 6.07) is 33.6. The van der Waals surface area contributed by atoms with Gasteiger partial charge in [0.1, 0.15) is 0 Å². The topological polar surface area (TPSA) is 46.2 Å². The van der Waals surface area contributed by atoms with Crippen molar-refractivity contribution < 1.29 is 8.42 Å². The maximum atomic E-state index is 13.3. The SMILES string of the molecule is Cc1ccc(S(=O)(=O)N/C(=C/P(=S)(c2ccccc2)c2ccccc2)c2ccccc2)cc1. The Kier molecular flexibility index (Phi) is 6.94. The van der Waals surface area contributed by atoms with Gasteiger partial charge in [-0.1, -0.05) is 120 Å². The summed E-state index contributed by atoms with van der Waals surface area (Å²) in [5.74, 6) is 1.94. The van der Waals surface area contributed by atoms with Crippen molar-refractivity contribution in [3.05, 3.63) is 132 Å². The minimum atomic E-state index is -3.81. The first-order chi connectivity index (χ1) is 15.9. The second-order valence-corrected chi connectivity index (χ2v) is 13.7. The number of sulfonamides is 1. The lowest BCUT2D eigenvalue weighted by molar-refractivity contribution is 0.591. The third-order valence-electron chi connectivity index (χ3n) is 5.25. The molecule has 0 aromatic heterocycles. The Morgan fingerprint density at radius 2 is 1.18 bits per heavy atom. The van der Waals surface area contributed by atoms with E-state index in [9.17, 15) is 8.42 Å². The number of nitrogens with one attached hydrogen (secondary N) is 1. The van der Waals surface area contributed by atoms with Crippen molar-refractivity contribution >= 4 is 44.2 Å². The van der Waals surface area contributed by atoms with Crippen LogP contribution < -0.4 is 15.3 Å². The van der Waals surface area contributed by atoms with Gasteiger partial charge in [0.2, 0.25) is 0 Å². The van der Waals surface area contributed by atoms with E-state index in [4.69, 9.17) is 11.8 Å². The lowest BCUT2D eigenvalue weighted by atomic mass is 10.2. The van der Waals surface area contributed by atoms with Crippen LogP contribution in [-0.4, -0.2) is 8.42 Å². The van der Waals surface area contributed by atoms with Gasteiger partial charge in [0.15, 0.2) is 0 Å². The van der Waals surface area contributed by atoms with E-state index in [2.05, 4.69) is 4.72 Å². The summed E-state index contributed by atoms with van der Waals surface area (Å²) in [4.78, 5) is 0.211. The number of rotatable bonds is 7. The lowest BCUT2D eigenvalue weighted by Gasteiger charge is -2.22. The highest BCUT2D eigenvalue weighted by Crippen LogP contribution is 2.47. The van der Waals surface area contributed by atoms with E-state index in [-0.39, 0.29) is 4.90 Å². The molecule has 0 aliphatic carbocycles. The maximum absolute atomic E-state index is 13.3. The highest BCUT2D eigenvalue weighted by atomic mass is 32.4. The standard InChI is InChI=1S/C27H24NO2PS2/c1-22-17-19-26(20-18-22)33(29,30)28-27(23-11-5-2-6-12-23)21-31(32,24-13-7-3-8-14-24)25-15-9-4-10-16-25/h2-21,28H,1H3/b27-21+. The van der Waals surface area contributed by atoms with E-state index >= 15 is 0 Å². The Balaban J connectivity index is 1.90. The van der Waals surface area contributed by atoms with Gasteiger partial charge in [-0.15, -0.1) is 0 Å². The van der Waals surface area contributed by atoms with Crippen molar-refractivity contribution in [1.82, 2.24) is 4.72 Å². The summed E-state index contributed by atoms with van der Waals surface area (Å²) >= 11 is 6.33. The fraction of sp³-hybridized carbons (Fsp3) is 0.0370. The molecule has 0 atom stereocenters. The summed E-state index contributed by atoms with van der Waals surface area (Å²) in [5, 5.41) is 1.99. The maximum Gasteiger partial charge on any atom is 0.261 e. The molecule has 33 heavy (non-hydrogen) atoms. The van der Waals surface area contributed by atoms with E-state index in [1.165, 1.54) is 0 Å². The van der Waals surface area contributed by atoms with Crippen LogP contribution in [0.1, 0.15) is 11.1 Å². The molecule has 0 saturated heterocycles. The van der Waals surface area contributed by atoms with Crippen LogP contribution in [0.3, 0.4) is 0 Å². The van der Waals surface area contributed by atoms with E-state index in [0.717, 1.165) is 21.7 Å². The summed E-state index contributed by atoms with van der Waals surface area (Å²) in [6.07, 6.45) is 0. The molecule has 4 rings (SSSR count). The summed E-state index contributed by atoms with van der Waals surface area (Å²) in [5.41, 5.74) is 2.23. The molecule has 0 aliphatic rings. The molecule has 0 fully saturated rings. The second-order valence-electron chi connectivity index (χ2n) is 7.66. The average Bonchev–Trinajstić information content (AvgIpc) is 2.85. The van der Waals surface area contributed by atoms with Crippen LogP contribution in [-0.2, 0) is 21.8 Å². The molecule has 3 nitrogen and oxygen atoms in total. The molecule has 0 aliphatic heterocycles. The molecule has 0 spiro atoms. The van der Waals surface area contributed by atoms with Crippen LogP contribution in [0.5, 0.6) is 0 Å². The number of hydrogen-bond acceptors (Lipinski definition) is 3. The minimum Gasteiger partial charge on any atom is -0.279 e. The molecule has 0 heterocycles. The number of hydrogen-bond donors (Lipinski definition) is 1. The van der Waals surface area contributed by atoms with Gasteiger partial charge in [0.25, 0.3) is 10.0 Å². The van der Waals surface area contributed by atoms with Gasteiger partial charge in [0.05, 0.1) is 10.6 Å². The Morgan fingerprint density at radius 1 is 0.727 bits per heavy atom. The summed E-state index contributed by atoms with van der Waals surface area (Å²) < 4.78 is 29.5. The minimum absolute atomic E-state index is 0.211. The Hall–Kier alpha value is -2.98. The molecule has 0 unspecified atom stereocenters. The van der Waals surface area contributed by atoms with Crippen molar-refractivity contribution in [1.29, 1.82) is 0 Å². The molecule has 0 amide bonds. The Labute approximate surface area is 200 Å². The van der Waals surface area contributed by atoms with Gasteiger partial charge in [-0.25, -0.2) is 8.42 Å². The first-order valence-corrected chi connectivity index (χ1v) is 14.8. The molecular weight excluding hydrogens is 465 g/mol. The molecule has 166 valence electrons. The van der Waals surface area contributed by atoms with Crippen molar-refractivity contribution in [3.63, 3.8) is 0 Å². The summed E-state index contributed by atoms with van der Waals surface area (Å²) in [7, 11) is -3.81. The predicted octanol–water partition coefficient (Wildman–Crippen LogP) is 5.40. The Bertz CT molecular complexity index is 1360. The van der Waals surface area contributed by atoms with E-state index in [0.29, 0.717) is 5.70 Å². The van der Waals surface area contributed by atoms with Crippen molar-refractivity contribution in [3.8, 4) is 0 Å². The van der Waals surface area contributed by atoms with Crippen LogP contribution in [0, 0.1) is 6.92 Å². The second kappa shape index (κ2) is 9.88. The average molecular weight is 490 g/mol. The highest BCUT2D eigenvalue weighted by molar-refractivity contribution is 8.23. The van der Waals surface area contributed by atoms with Gasteiger partial charge in [-0.2, -0.15) is 0 Å². The van der Waals surface area contributed by atoms with Crippen LogP contribution >= 0.6 is 6.04 Å². The quantitative estimate of drug-likeness (QED) is 0.354. The van der Waals surface area contributed by atoms with Gasteiger partial charge in [-0.05, 0) is 41.0 Å². The van der Waals surface area contributed by atoms with Crippen LogP contribution in [0.25, 0.3) is 5.70 Å². The fourth-order valence-electron chi connectivity index (χ4n) is 3.48. The third-order valence-corrected chi connectivity index (χ3v) is 11.0. The molecule has 0 bridgehead atoms. The van der Waals surface area contributed by atoms with Crippen LogP contribution in [0.2, 0.25) is 0 Å². The van der Waals surface area contributed by atoms with Gasteiger partial charge in [-0.3, -0.25) is 4.72 Å². The molecule has 6 heteroatoms. The summed E-state index contributed by atoms with van der Waals surface area (Å²) in [6.45, 7) is 1.93. The molecule has 0 radical (unpaired) electrons. The highest BCUT2D eigenvalue weighted by Gasteiger charge is 2.23. The van der Waals surface area contributed by atoms with E-state index in [1.54, 1.807) is 24.3 Å². The zero-order valence-corrected chi connectivity index (χ0v) is 20.7. The van der Waals surface area contributed by atoms with Crippen molar-refractivity contribution in [2.75, 3.05) is 0 Å². The van der Waals surface area contributed by atoms with Crippen molar-refractivity contribution in [2.45, 2.75) is 11.8 Å². The van der Waals surface area contributed by atoms with Gasteiger partial charge >= 0.3 is 0 Å². The third kappa shape index (κ3) is 5.33. The molecule has 4 aromatic rings. The zero-order valence-electron chi connectivity index (χ0n) is 18.1. The Morgan fingerprint density at radius 3 is 1.67 bits per heavy atom. The monoisotopic (exact) mass is 489 g/mol. The van der Waals surface area contributed by atoms with E-state index < -0.39 is 16.1 Å². The van der Waals surface area contributed by atoms with Gasteiger partial charge < -0.3 is 0 Å². The number of benzene rings is 4. The van der Waals surface area contributed by atoms with Crippen LogP contribution in [0.4, 0.5) is 0 Å². The largest absolute Gasteiger partial charge is 0.279 e. The predicted molar refractivity (Wildman–Crippen MR) is 142 cm³/mol. The lowest BCUT2D eigenvalue weighted by Crippen LogP contribution is -2.23. The zero-order chi connectivity index (χ0) is 23.3. The number of aryl methyl sites for hydroxylation is 1. The van der Waals surface area contributed by atoms with E-state index in [1.807, 2.05) is 104 Å². The molecule has 4 aromatic carbocycles. The smallest absolute Gasteiger partial charge is 0.261 e. The first-order valence-electron chi connectivity index (χ1n) is 10.5. The molecule has 1 N–H and O–H groups in total.